The highest BCUT2D eigenvalue weighted by Crippen LogP contribution is 2.25. The van der Waals surface area contributed by atoms with E-state index in [9.17, 15) is 13.2 Å². The zero-order valence-corrected chi connectivity index (χ0v) is 15.6. The standard InChI is InChI=1S/C18H25N3O3S/c1-14(2)19-18(22)13-20-11-8-15-12-16(6-7-17(15)20)25(23,24)21-9-4-3-5-10-21/h6-8,11-12,14H,3-5,9-10,13H2,1-2H3,(H,19,22). The Kier molecular flexibility index (Phi) is 5.15. The van der Waals surface area contributed by atoms with Gasteiger partial charge in [0.15, 0.2) is 0 Å². The lowest BCUT2D eigenvalue weighted by atomic mass is 10.2. The average molecular weight is 363 g/mol. The lowest BCUT2D eigenvalue weighted by molar-refractivity contribution is -0.122. The first-order valence-electron chi connectivity index (χ1n) is 8.76. The second-order valence-electron chi connectivity index (χ2n) is 6.85. The summed E-state index contributed by atoms with van der Waals surface area (Å²) in [6.45, 7) is 5.25. The Hall–Kier alpha value is -1.86. The monoisotopic (exact) mass is 363 g/mol. The molecule has 7 heteroatoms. The second kappa shape index (κ2) is 7.17. The highest BCUT2D eigenvalue weighted by atomic mass is 32.2. The van der Waals surface area contributed by atoms with E-state index in [2.05, 4.69) is 5.32 Å². The summed E-state index contributed by atoms with van der Waals surface area (Å²) in [5.74, 6) is -0.0579. The molecule has 1 amide bonds. The third-order valence-electron chi connectivity index (χ3n) is 4.46. The van der Waals surface area contributed by atoms with Gasteiger partial charge in [0.25, 0.3) is 0 Å². The minimum absolute atomic E-state index is 0.0579. The SMILES string of the molecule is CC(C)NC(=O)Cn1ccc2cc(S(=O)(=O)N3CCCCC3)ccc21. The third-order valence-corrected chi connectivity index (χ3v) is 6.35. The van der Waals surface area contributed by atoms with Crippen molar-refractivity contribution < 1.29 is 13.2 Å². The second-order valence-corrected chi connectivity index (χ2v) is 8.79. The van der Waals surface area contributed by atoms with Crippen LogP contribution in [-0.2, 0) is 21.4 Å². The van der Waals surface area contributed by atoms with Crippen molar-refractivity contribution in [2.75, 3.05) is 13.1 Å². The van der Waals surface area contributed by atoms with E-state index < -0.39 is 10.0 Å². The molecule has 1 saturated heterocycles. The van der Waals surface area contributed by atoms with Gasteiger partial charge in [-0.2, -0.15) is 4.31 Å². The Morgan fingerprint density at radius 2 is 1.88 bits per heavy atom. The molecule has 0 saturated carbocycles. The highest BCUT2D eigenvalue weighted by Gasteiger charge is 2.26. The zero-order valence-electron chi connectivity index (χ0n) is 14.7. The van der Waals surface area contributed by atoms with Crippen molar-refractivity contribution in [3.8, 4) is 0 Å². The molecule has 1 fully saturated rings. The Labute approximate surface area is 148 Å². The predicted molar refractivity (Wildman–Crippen MR) is 97.8 cm³/mol. The van der Waals surface area contributed by atoms with Crippen molar-refractivity contribution in [3.05, 3.63) is 30.5 Å². The van der Waals surface area contributed by atoms with Gasteiger partial charge in [-0.1, -0.05) is 6.42 Å². The fourth-order valence-corrected chi connectivity index (χ4v) is 4.81. The molecule has 25 heavy (non-hydrogen) atoms. The maximum atomic E-state index is 12.8. The number of sulfonamides is 1. The minimum atomic E-state index is -3.44. The number of rotatable bonds is 5. The number of hydrogen-bond donors (Lipinski definition) is 1. The van der Waals surface area contributed by atoms with Gasteiger partial charge < -0.3 is 9.88 Å². The van der Waals surface area contributed by atoms with Crippen LogP contribution in [-0.4, -0.2) is 42.3 Å². The summed E-state index contributed by atoms with van der Waals surface area (Å²) in [7, 11) is -3.44. The summed E-state index contributed by atoms with van der Waals surface area (Å²) in [5.41, 5.74) is 0.858. The fraction of sp³-hybridized carbons (Fsp3) is 0.500. The van der Waals surface area contributed by atoms with Crippen LogP contribution in [0.2, 0.25) is 0 Å². The van der Waals surface area contributed by atoms with E-state index in [0.29, 0.717) is 18.0 Å². The quantitative estimate of drug-likeness (QED) is 0.886. The van der Waals surface area contributed by atoms with Crippen molar-refractivity contribution in [1.82, 2.24) is 14.2 Å². The Morgan fingerprint density at radius 1 is 1.16 bits per heavy atom. The summed E-state index contributed by atoms with van der Waals surface area (Å²) in [5, 5.41) is 3.69. The lowest BCUT2D eigenvalue weighted by Gasteiger charge is -2.25. The molecule has 0 bridgehead atoms. The fourth-order valence-electron chi connectivity index (χ4n) is 3.25. The van der Waals surface area contributed by atoms with Crippen LogP contribution < -0.4 is 5.32 Å². The Morgan fingerprint density at radius 3 is 2.56 bits per heavy atom. The first kappa shape index (κ1) is 17.9. The normalized spacial score (nSPS) is 16.4. The van der Waals surface area contributed by atoms with Crippen LogP contribution in [0.1, 0.15) is 33.1 Å². The van der Waals surface area contributed by atoms with Crippen LogP contribution in [0.15, 0.2) is 35.4 Å². The molecule has 1 aromatic heterocycles. The molecule has 3 rings (SSSR count). The number of benzene rings is 1. The number of carbonyl (C=O) groups excluding carboxylic acids is 1. The molecule has 0 unspecified atom stereocenters. The van der Waals surface area contributed by atoms with Gasteiger partial charge in [0.1, 0.15) is 6.54 Å². The van der Waals surface area contributed by atoms with Gasteiger partial charge in [0.2, 0.25) is 15.9 Å². The van der Waals surface area contributed by atoms with Gasteiger partial charge in [-0.15, -0.1) is 0 Å². The Balaban J connectivity index is 1.85. The maximum absolute atomic E-state index is 12.8. The van der Waals surface area contributed by atoms with Crippen molar-refractivity contribution >= 4 is 26.8 Å². The number of piperidine rings is 1. The number of fused-ring (bicyclic) bond motifs is 1. The molecule has 2 aromatic rings. The van der Waals surface area contributed by atoms with Gasteiger partial charge in [-0.05, 0) is 51.0 Å². The highest BCUT2D eigenvalue weighted by molar-refractivity contribution is 7.89. The van der Waals surface area contributed by atoms with Crippen LogP contribution in [0.25, 0.3) is 10.9 Å². The van der Waals surface area contributed by atoms with Crippen molar-refractivity contribution in [2.24, 2.45) is 0 Å². The van der Waals surface area contributed by atoms with Crippen LogP contribution in [0.5, 0.6) is 0 Å². The minimum Gasteiger partial charge on any atom is -0.352 e. The van der Waals surface area contributed by atoms with Crippen LogP contribution in [0.4, 0.5) is 0 Å². The average Bonchev–Trinajstić information content (AvgIpc) is 2.97. The molecular formula is C18H25N3O3S. The van der Waals surface area contributed by atoms with E-state index in [-0.39, 0.29) is 18.5 Å². The molecule has 2 heterocycles. The van der Waals surface area contributed by atoms with E-state index in [1.807, 2.05) is 30.7 Å². The molecule has 1 N–H and O–H groups in total. The van der Waals surface area contributed by atoms with Crippen molar-refractivity contribution in [1.29, 1.82) is 0 Å². The smallest absolute Gasteiger partial charge is 0.243 e. The summed E-state index contributed by atoms with van der Waals surface area (Å²) in [6, 6.07) is 7.08. The van der Waals surface area contributed by atoms with Gasteiger partial charge in [-0.3, -0.25) is 4.79 Å². The molecule has 1 aliphatic rings. The maximum Gasteiger partial charge on any atom is 0.243 e. The van der Waals surface area contributed by atoms with E-state index in [0.717, 1.165) is 30.2 Å². The summed E-state index contributed by atoms with van der Waals surface area (Å²) in [4.78, 5) is 12.3. The van der Waals surface area contributed by atoms with Gasteiger partial charge in [0, 0.05) is 36.2 Å². The Bertz CT molecular complexity index is 865. The lowest BCUT2D eigenvalue weighted by Crippen LogP contribution is -2.35. The molecule has 0 aliphatic carbocycles. The first-order valence-corrected chi connectivity index (χ1v) is 10.2. The van der Waals surface area contributed by atoms with Crippen molar-refractivity contribution in [2.45, 2.75) is 50.6 Å². The summed E-state index contributed by atoms with van der Waals surface area (Å²) < 4.78 is 29.0. The molecule has 6 nitrogen and oxygen atoms in total. The van der Waals surface area contributed by atoms with E-state index in [1.54, 1.807) is 22.5 Å². The van der Waals surface area contributed by atoms with Crippen LogP contribution in [0, 0.1) is 0 Å². The molecule has 1 aromatic carbocycles. The number of nitrogens with zero attached hydrogens (tertiary/aromatic N) is 2. The predicted octanol–water partition coefficient (Wildman–Crippen LogP) is 2.34. The van der Waals surface area contributed by atoms with Crippen LogP contribution >= 0.6 is 0 Å². The number of amides is 1. The largest absolute Gasteiger partial charge is 0.352 e. The zero-order chi connectivity index (χ0) is 18.0. The van der Waals surface area contributed by atoms with E-state index in [1.165, 1.54) is 0 Å². The summed E-state index contributed by atoms with van der Waals surface area (Å²) in [6.07, 6.45) is 4.75. The number of carbonyl (C=O) groups is 1. The number of nitrogens with one attached hydrogen (secondary N) is 1. The third kappa shape index (κ3) is 3.88. The van der Waals surface area contributed by atoms with E-state index in [4.69, 9.17) is 0 Å². The molecule has 1 aliphatic heterocycles. The van der Waals surface area contributed by atoms with Gasteiger partial charge in [-0.25, -0.2) is 8.42 Å². The number of hydrogen-bond acceptors (Lipinski definition) is 3. The van der Waals surface area contributed by atoms with Gasteiger partial charge >= 0.3 is 0 Å². The first-order chi connectivity index (χ1) is 11.9. The van der Waals surface area contributed by atoms with Gasteiger partial charge in [0.05, 0.1) is 4.90 Å². The van der Waals surface area contributed by atoms with Crippen LogP contribution in [0.3, 0.4) is 0 Å². The summed E-state index contributed by atoms with van der Waals surface area (Å²) >= 11 is 0. The molecule has 0 spiro atoms. The number of aromatic nitrogens is 1. The molecule has 0 atom stereocenters. The molecular weight excluding hydrogens is 338 g/mol. The molecule has 0 radical (unpaired) electrons. The van der Waals surface area contributed by atoms with Crippen molar-refractivity contribution in [3.63, 3.8) is 0 Å². The topological polar surface area (TPSA) is 71.4 Å². The molecule has 136 valence electrons. The van der Waals surface area contributed by atoms with E-state index >= 15 is 0 Å².